The van der Waals surface area contributed by atoms with Gasteiger partial charge in [0.1, 0.15) is 0 Å². The zero-order chi connectivity index (χ0) is 12.5. The summed E-state index contributed by atoms with van der Waals surface area (Å²) in [6.45, 7) is 1.34. The number of rotatable bonds is 4. The van der Waals surface area contributed by atoms with E-state index in [1.54, 1.807) is 0 Å². The molecule has 0 aromatic heterocycles. The Hall–Kier alpha value is -1.39. The predicted molar refractivity (Wildman–Crippen MR) is 66.2 cm³/mol. The molecule has 0 bridgehead atoms. The topological polar surface area (TPSA) is 49.8 Å². The van der Waals surface area contributed by atoms with Gasteiger partial charge in [-0.15, -0.1) is 0 Å². The summed E-state index contributed by atoms with van der Waals surface area (Å²) in [6.07, 6.45) is 2.21. The molecular formula is C14H17NO3. The Morgan fingerprint density at radius 1 is 1.39 bits per heavy atom. The van der Waals surface area contributed by atoms with Crippen molar-refractivity contribution in [3.05, 3.63) is 35.4 Å². The van der Waals surface area contributed by atoms with E-state index in [1.807, 2.05) is 12.1 Å². The van der Waals surface area contributed by atoms with Crippen LogP contribution in [0.3, 0.4) is 0 Å². The Morgan fingerprint density at radius 2 is 2.17 bits per heavy atom. The highest BCUT2D eigenvalue weighted by Crippen LogP contribution is 2.37. The number of carbonyl (C=O) groups is 1. The maximum atomic E-state index is 11.0. The number of hydrogen-bond donors (Lipinski definition) is 1. The average Bonchev–Trinajstić information content (AvgIpc) is 3.19. The lowest BCUT2D eigenvalue weighted by Crippen LogP contribution is -2.39. The molecule has 4 nitrogen and oxygen atoms in total. The summed E-state index contributed by atoms with van der Waals surface area (Å²) in [4.78, 5) is 13.1. The molecule has 1 aromatic carbocycles. The van der Waals surface area contributed by atoms with Crippen LogP contribution in [0.25, 0.3) is 0 Å². The van der Waals surface area contributed by atoms with Crippen LogP contribution in [0.15, 0.2) is 24.3 Å². The molecule has 2 aliphatic rings. The Labute approximate surface area is 106 Å². The van der Waals surface area contributed by atoms with Crippen molar-refractivity contribution >= 4 is 5.97 Å². The number of hydrogen-bond acceptors (Lipinski definition) is 3. The van der Waals surface area contributed by atoms with Gasteiger partial charge < -0.3 is 9.84 Å². The summed E-state index contributed by atoms with van der Waals surface area (Å²) in [5.41, 5.74) is 2.42. The molecule has 1 saturated carbocycles. The minimum Gasteiger partial charge on any atom is -0.480 e. The van der Waals surface area contributed by atoms with Gasteiger partial charge in [0.15, 0.2) is 0 Å². The van der Waals surface area contributed by atoms with E-state index >= 15 is 0 Å². The van der Waals surface area contributed by atoms with E-state index in [-0.39, 0.29) is 12.6 Å². The Balaban J connectivity index is 1.88. The molecule has 1 fully saturated rings. The zero-order valence-corrected chi connectivity index (χ0v) is 10.2. The number of carboxylic acid groups (broad SMARTS) is 1. The van der Waals surface area contributed by atoms with Gasteiger partial charge in [0, 0.05) is 6.04 Å². The number of ether oxygens (including phenoxy) is 1. The van der Waals surface area contributed by atoms with E-state index in [0.29, 0.717) is 19.3 Å². The fourth-order valence-electron chi connectivity index (χ4n) is 2.69. The normalized spacial score (nSPS) is 22.8. The SMILES string of the molecule is O=C(O)CN(C1CC1)C1COCc2ccccc21. The van der Waals surface area contributed by atoms with Gasteiger partial charge in [-0.3, -0.25) is 9.69 Å². The van der Waals surface area contributed by atoms with Crippen molar-refractivity contribution in [2.24, 2.45) is 0 Å². The fraction of sp³-hybridized carbons (Fsp3) is 0.500. The second-order valence-corrected chi connectivity index (χ2v) is 5.03. The first-order valence-electron chi connectivity index (χ1n) is 6.39. The van der Waals surface area contributed by atoms with E-state index in [1.165, 1.54) is 11.1 Å². The van der Waals surface area contributed by atoms with Gasteiger partial charge >= 0.3 is 5.97 Å². The first-order valence-corrected chi connectivity index (χ1v) is 6.39. The predicted octanol–water partition coefficient (Wildman–Crippen LogP) is 1.81. The van der Waals surface area contributed by atoms with Gasteiger partial charge in [0.05, 0.1) is 25.8 Å². The molecule has 1 unspecified atom stereocenters. The van der Waals surface area contributed by atoms with Crippen LogP contribution in [0.2, 0.25) is 0 Å². The lowest BCUT2D eigenvalue weighted by atomic mass is 9.97. The fourth-order valence-corrected chi connectivity index (χ4v) is 2.69. The molecule has 18 heavy (non-hydrogen) atoms. The Kier molecular flexibility index (Phi) is 3.06. The quantitative estimate of drug-likeness (QED) is 0.881. The van der Waals surface area contributed by atoms with Crippen LogP contribution in [-0.2, 0) is 16.1 Å². The number of carboxylic acids is 1. The molecule has 0 spiro atoms. The molecule has 1 N–H and O–H groups in total. The number of benzene rings is 1. The molecule has 96 valence electrons. The molecule has 1 aliphatic heterocycles. The second kappa shape index (κ2) is 4.71. The summed E-state index contributed by atoms with van der Waals surface area (Å²) < 4.78 is 5.61. The summed E-state index contributed by atoms with van der Waals surface area (Å²) in [5.74, 6) is -0.759. The average molecular weight is 247 g/mol. The highest BCUT2D eigenvalue weighted by Gasteiger charge is 2.37. The van der Waals surface area contributed by atoms with Crippen LogP contribution in [0.5, 0.6) is 0 Å². The molecule has 1 atom stereocenters. The van der Waals surface area contributed by atoms with Crippen molar-refractivity contribution in [1.82, 2.24) is 4.90 Å². The number of aliphatic carboxylic acids is 1. The molecule has 1 aromatic rings. The van der Waals surface area contributed by atoms with Gasteiger partial charge in [-0.05, 0) is 24.0 Å². The van der Waals surface area contributed by atoms with E-state index in [4.69, 9.17) is 9.84 Å². The summed E-state index contributed by atoms with van der Waals surface area (Å²) in [5, 5.41) is 9.06. The summed E-state index contributed by atoms with van der Waals surface area (Å²) in [6, 6.07) is 8.69. The van der Waals surface area contributed by atoms with Crippen LogP contribution in [0.4, 0.5) is 0 Å². The molecule has 0 radical (unpaired) electrons. The minimum absolute atomic E-state index is 0.0959. The van der Waals surface area contributed by atoms with Crippen LogP contribution in [0.1, 0.15) is 30.0 Å². The van der Waals surface area contributed by atoms with Gasteiger partial charge in [-0.25, -0.2) is 0 Å². The largest absolute Gasteiger partial charge is 0.480 e. The van der Waals surface area contributed by atoms with E-state index in [0.717, 1.165) is 12.8 Å². The highest BCUT2D eigenvalue weighted by molar-refractivity contribution is 5.69. The van der Waals surface area contributed by atoms with Crippen molar-refractivity contribution < 1.29 is 14.6 Å². The first kappa shape index (κ1) is 11.7. The van der Waals surface area contributed by atoms with Crippen LogP contribution in [-0.4, -0.2) is 35.2 Å². The third-order valence-corrected chi connectivity index (χ3v) is 3.68. The second-order valence-electron chi connectivity index (χ2n) is 5.03. The monoisotopic (exact) mass is 247 g/mol. The van der Waals surface area contributed by atoms with Crippen molar-refractivity contribution in [1.29, 1.82) is 0 Å². The Morgan fingerprint density at radius 3 is 2.89 bits per heavy atom. The van der Waals surface area contributed by atoms with E-state index in [2.05, 4.69) is 17.0 Å². The first-order chi connectivity index (χ1) is 8.75. The molecule has 0 amide bonds. The number of nitrogens with zero attached hydrogens (tertiary/aromatic N) is 1. The van der Waals surface area contributed by atoms with Gasteiger partial charge in [0.25, 0.3) is 0 Å². The van der Waals surface area contributed by atoms with Crippen LogP contribution < -0.4 is 0 Å². The van der Waals surface area contributed by atoms with E-state index < -0.39 is 5.97 Å². The minimum atomic E-state index is -0.759. The molecule has 3 rings (SSSR count). The lowest BCUT2D eigenvalue weighted by molar-refractivity contribution is -0.139. The van der Waals surface area contributed by atoms with E-state index in [9.17, 15) is 4.79 Å². The highest BCUT2D eigenvalue weighted by atomic mass is 16.5. The summed E-state index contributed by atoms with van der Waals surface area (Å²) >= 11 is 0. The van der Waals surface area contributed by atoms with Crippen molar-refractivity contribution in [3.8, 4) is 0 Å². The molecule has 0 saturated heterocycles. The third kappa shape index (κ3) is 2.26. The standard InChI is InChI=1S/C14H17NO3/c16-14(17)7-15(11-5-6-11)13-9-18-8-10-3-1-2-4-12(10)13/h1-4,11,13H,5-9H2,(H,16,17). The van der Waals surface area contributed by atoms with Crippen LogP contribution >= 0.6 is 0 Å². The lowest BCUT2D eigenvalue weighted by Gasteiger charge is -2.34. The molecule has 1 heterocycles. The summed E-state index contributed by atoms with van der Waals surface area (Å²) in [7, 11) is 0. The smallest absolute Gasteiger partial charge is 0.317 e. The molecular weight excluding hydrogens is 230 g/mol. The van der Waals surface area contributed by atoms with Gasteiger partial charge in [-0.2, -0.15) is 0 Å². The van der Waals surface area contributed by atoms with Crippen molar-refractivity contribution in [2.75, 3.05) is 13.2 Å². The van der Waals surface area contributed by atoms with Crippen LogP contribution in [0, 0.1) is 0 Å². The maximum absolute atomic E-state index is 11.0. The number of fused-ring (bicyclic) bond motifs is 1. The maximum Gasteiger partial charge on any atom is 0.317 e. The van der Waals surface area contributed by atoms with Gasteiger partial charge in [0.2, 0.25) is 0 Å². The van der Waals surface area contributed by atoms with Gasteiger partial charge in [-0.1, -0.05) is 24.3 Å². The Bertz CT molecular complexity index is 456. The van der Waals surface area contributed by atoms with Crippen molar-refractivity contribution in [3.63, 3.8) is 0 Å². The molecule has 4 heteroatoms. The molecule has 1 aliphatic carbocycles. The zero-order valence-electron chi connectivity index (χ0n) is 10.2. The van der Waals surface area contributed by atoms with Crippen molar-refractivity contribution in [2.45, 2.75) is 31.5 Å². The third-order valence-electron chi connectivity index (χ3n) is 3.68.